The molecule has 0 heterocycles. The molecule has 0 aliphatic carbocycles. The summed E-state index contributed by atoms with van der Waals surface area (Å²) in [6.07, 6.45) is 0. The molecule has 0 aliphatic rings. The molecule has 0 fully saturated rings. The number of primary sulfonamides is 1. The van der Waals surface area contributed by atoms with Crippen molar-refractivity contribution >= 4 is 27.6 Å². The van der Waals surface area contributed by atoms with E-state index in [4.69, 9.17) is 31.5 Å². The van der Waals surface area contributed by atoms with Crippen LogP contribution in [0.25, 0.3) is 0 Å². The summed E-state index contributed by atoms with van der Waals surface area (Å²) >= 11 is 5.75. The molecular weight excluding hydrogens is 368 g/mol. The second-order valence-corrected chi connectivity index (χ2v) is 6.75. The third-order valence-corrected chi connectivity index (χ3v) is 4.43. The van der Waals surface area contributed by atoms with Gasteiger partial charge in [0.25, 0.3) is 0 Å². The molecule has 0 bridgehead atoms. The summed E-state index contributed by atoms with van der Waals surface area (Å²) in [5, 5.41) is 13.6. The van der Waals surface area contributed by atoms with E-state index >= 15 is 0 Å². The van der Waals surface area contributed by atoms with Crippen molar-refractivity contribution in [3.05, 3.63) is 58.6 Å². The molecule has 7 nitrogen and oxygen atoms in total. The Labute approximate surface area is 149 Å². The summed E-state index contributed by atoms with van der Waals surface area (Å²) in [4.78, 5) is 11.6. The molecule has 0 unspecified atom stereocenters. The molecule has 2 aromatic rings. The van der Waals surface area contributed by atoms with Gasteiger partial charge in [0.05, 0.1) is 22.2 Å². The van der Waals surface area contributed by atoms with Gasteiger partial charge in [-0.3, -0.25) is 0 Å². The smallest absolute Gasteiger partial charge is 0.338 e. The zero-order valence-corrected chi connectivity index (χ0v) is 14.4. The van der Waals surface area contributed by atoms with E-state index in [9.17, 15) is 13.2 Å². The van der Waals surface area contributed by atoms with Crippen LogP contribution in [-0.2, 0) is 14.8 Å². The van der Waals surface area contributed by atoms with Gasteiger partial charge in [-0.25, -0.2) is 18.4 Å². The van der Waals surface area contributed by atoms with Gasteiger partial charge in [-0.1, -0.05) is 11.6 Å². The Hall–Kier alpha value is -2.60. The van der Waals surface area contributed by atoms with Crippen molar-refractivity contribution in [2.24, 2.45) is 5.14 Å². The first-order valence-electron chi connectivity index (χ1n) is 6.93. The number of nitrogens with two attached hydrogens (primary N) is 1. The number of nitriles is 1. The highest BCUT2D eigenvalue weighted by Crippen LogP contribution is 2.21. The minimum atomic E-state index is -4.04. The van der Waals surface area contributed by atoms with Crippen LogP contribution >= 0.6 is 11.6 Å². The average molecular weight is 381 g/mol. The van der Waals surface area contributed by atoms with Crippen LogP contribution in [0.5, 0.6) is 5.75 Å². The SMILES string of the molecule is N#Cc1ccc(OCCOC(=O)c2ccc(Cl)c(S(N)(=O)=O)c2)cc1. The number of ether oxygens (including phenoxy) is 2. The molecule has 9 heteroatoms. The number of carbonyl (C=O) groups is 1. The molecule has 0 atom stereocenters. The number of rotatable bonds is 6. The van der Waals surface area contributed by atoms with E-state index < -0.39 is 16.0 Å². The van der Waals surface area contributed by atoms with E-state index in [1.54, 1.807) is 24.3 Å². The number of sulfonamides is 1. The van der Waals surface area contributed by atoms with Crippen LogP contribution in [0.15, 0.2) is 47.4 Å². The van der Waals surface area contributed by atoms with Crippen molar-refractivity contribution in [1.29, 1.82) is 5.26 Å². The quantitative estimate of drug-likeness (QED) is 0.605. The molecule has 0 aromatic heterocycles. The van der Waals surface area contributed by atoms with Crippen molar-refractivity contribution < 1.29 is 22.7 Å². The summed E-state index contributed by atoms with van der Waals surface area (Å²) in [7, 11) is -4.04. The largest absolute Gasteiger partial charge is 0.490 e. The fourth-order valence-electron chi connectivity index (χ4n) is 1.85. The van der Waals surface area contributed by atoms with Crippen LogP contribution < -0.4 is 9.88 Å². The zero-order chi connectivity index (χ0) is 18.4. The van der Waals surface area contributed by atoms with Crippen molar-refractivity contribution in [1.82, 2.24) is 0 Å². The Kier molecular flexibility index (Phi) is 5.98. The lowest BCUT2D eigenvalue weighted by Gasteiger charge is -2.08. The van der Waals surface area contributed by atoms with Crippen molar-refractivity contribution in [3.8, 4) is 11.8 Å². The molecule has 2 rings (SSSR count). The number of carbonyl (C=O) groups excluding carboxylic acids is 1. The summed E-state index contributed by atoms with van der Waals surface area (Å²) in [6, 6.07) is 12.1. The van der Waals surface area contributed by atoms with Gasteiger partial charge in [-0.2, -0.15) is 5.26 Å². The first kappa shape index (κ1) is 18.7. The highest BCUT2D eigenvalue weighted by Gasteiger charge is 2.17. The van der Waals surface area contributed by atoms with Crippen LogP contribution in [0.2, 0.25) is 5.02 Å². The molecular formula is C16H13ClN2O5S. The maximum atomic E-state index is 11.9. The van der Waals surface area contributed by atoms with Gasteiger partial charge in [0.15, 0.2) is 0 Å². The molecule has 130 valence electrons. The third kappa shape index (κ3) is 5.19. The predicted octanol–water partition coefficient (Wildman–Crippen LogP) is 2.09. The molecule has 0 aliphatic heterocycles. The third-order valence-electron chi connectivity index (χ3n) is 3.04. The Bertz CT molecular complexity index is 921. The van der Waals surface area contributed by atoms with Crippen LogP contribution in [0.4, 0.5) is 0 Å². The maximum absolute atomic E-state index is 11.9. The fraction of sp³-hybridized carbons (Fsp3) is 0.125. The second-order valence-electron chi connectivity index (χ2n) is 4.81. The summed E-state index contributed by atoms with van der Waals surface area (Å²) in [5.41, 5.74) is 0.513. The van der Waals surface area contributed by atoms with Gasteiger partial charge in [-0.15, -0.1) is 0 Å². The number of esters is 1. The van der Waals surface area contributed by atoms with E-state index in [1.807, 2.05) is 6.07 Å². The van der Waals surface area contributed by atoms with E-state index in [-0.39, 0.29) is 28.7 Å². The van der Waals surface area contributed by atoms with Crippen molar-refractivity contribution in [2.75, 3.05) is 13.2 Å². The molecule has 25 heavy (non-hydrogen) atoms. The topological polar surface area (TPSA) is 119 Å². The summed E-state index contributed by atoms with van der Waals surface area (Å²) < 4.78 is 33.2. The Balaban J connectivity index is 1.91. The normalized spacial score (nSPS) is 10.8. The Morgan fingerprint density at radius 2 is 1.84 bits per heavy atom. The first-order chi connectivity index (χ1) is 11.8. The number of halogens is 1. The summed E-state index contributed by atoms with van der Waals surface area (Å²) in [5.74, 6) is -0.206. The van der Waals surface area contributed by atoms with E-state index in [0.29, 0.717) is 11.3 Å². The van der Waals surface area contributed by atoms with Gasteiger partial charge >= 0.3 is 5.97 Å². The predicted molar refractivity (Wildman–Crippen MR) is 89.8 cm³/mol. The number of nitrogens with zero attached hydrogens (tertiary/aromatic N) is 1. The molecule has 0 saturated heterocycles. The van der Waals surface area contributed by atoms with Gasteiger partial charge in [0, 0.05) is 0 Å². The fourth-order valence-corrected chi connectivity index (χ4v) is 2.92. The average Bonchev–Trinajstić information content (AvgIpc) is 2.58. The molecule has 2 N–H and O–H groups in total. The molecule has 0 saturated carbocycles. The zero-order valence-electron chi connectivity index (χ0n) is 12.8. The minimum absolute atomic E-state index is 0.00629. The van der Waals surface area contributed by atoms with Crippen LogP contribution in [-0.4, -0.2) is 27.6 Å². The van der Waals surface area contributed by atoms with Crippen LogP contribution in [0.1, 0.15) is 15.9 Å². The van der Waals surface area contributed by atoms with Crippen LogP contribution in [0.3, 0.4) is 0 Å². The number of hydrogen-bond donors (Lipinski definition) is 1. The number of benzene rings is 2. The van der Waals surface area contributed by atoms with Crippen molar-refractivity contribution in [2.45, 2.75) is 4.90 Å². The molecule has 0 radical (unpaired) electrons. The first-order valence-corrected chi connectivity index (χ1v) is 8.86. The lowest BCUT2D eigenvalue weighted by molar-refractivity contribution is 0.0450. The van der Waals surface area contributed by atoms with E-state index in [0.717, 1.165) is 6.07 Å². The molecule has 0 spiro atoms. The van der Waals surface area contributed by atoms with Crippen LogP contribution in [0, 0.1) is 11.3 Å². The van der Waals surface area contributed by atoms with Gasteiger partial charge in [0.1, 0.15) is 23.9 Å². The Morgan fingerprint density at radius 3 is 2.44 bits per heavy atom. The maximum Gasteiger partial charge on any atom is 0.338 e. The van der Waals surface area contributed by atoms with Gasteiger partial charge < -0.3 is 9.47 Å². The highest BCUT2D eigenvalue weighted by molar-refractivity contribution is 7.89. The second kappa shape index (κ2) is 7.98. The number of hydrogen-bond acceptors (Lipinski definition) is 6. The Morgan fingerprint density at radius 1 is 1.16 bits per heavy atom. The van der Waals surface area contributed by atoms with Gasteiger partial charge in [-0.05, 0) is 42.5 Å². The lowest BCUT2D eigenvalue weighted by atomic mass is 10.2. The monoisotopic (exact) mass is 380 g/mol. The van der Waals surface area contributed by atoms with E-state index in [1.165, 1.54) is 12.1 Å². The minimum Gasteiger partial charge on any atom is -0.490 e. The molecule has 0 amide bonds. The van der Waals surface area contributed by atoms with Crippen molar-refractivity contribution in [3.63, 3.8) is 0 Å². The summed E-state index contributed by atoms with van der Waals surface area (Å²) in [6.45, 7) is 0.0411. The van der Waals surface area contributed by atoms with E-state index in [2.05, 4.69) is 0 Å². The highest BCUT2D eigenvalue weighted by atomic mass is 35.5. The lowest BCUT2D eigenvalue weighted by Crippen LogP contribution is -2.15. The van der Waals surface area contributed by atoms with Gasteiger partial charge in [0.2, 0.25) is 10.0 Å². The molecule has 2 aromatic carbocycles. The standard InChI is InChI=1S/C16H13ClN2O5S/c17-14-6-3-12(9-15(14)25(19,21)22)16(20)24-8-7-23-13-4-1-11(10-18)2-5-13/h1-6,9H,7-8H2,(H2,19,21,22).